The zero-order valence-corrected chi connectivity index (χ0v) is 9.42. The van der Waals surface area contributed by atoms with Crippen LogP contribution in [-0.2, 0) is 6.42 Å². The number of benzene rings is 1. The van der Waals surface area contributed by atoms with Crippen molar-refractivity contribution < 1.29 is 0 Å². The van der Waals surface area contributed by atoms with E-state index < -0.39 is 0 Å². The van der Waals surface area contributed by atoms with Crippen molar-refractivity contribution in [3.63, 3.8) is 0 Å². The van der Waals surface area contributed by atoms with Gasteiger partial charge < -0.3 is 10.6 Å². The molecule has 1 aliphatic rings. The van der Waals surface area contributed by atoms with Gasteiger partial charge in [-0.3, -0.25) is 0 Å². The third kappa shape index (κ3) is 3.05. The number of rotatable bonds is 2. The highest BCUT2D eigenvalue weighted by Gasteiger charge is 2.25. The van der Waals surface area contributed by atoms with E-state index in [1.165, 1.54) is 5.56 Å². The van der Waals surface area contributed by atoms with Crippen molar-refractivity contribution in [2.75, 3.05) is 26.2 Å². The zero-order chi connectivity index (χ0) is 10.6. The van der Waals surface area contributed by atoms with Crippen molar-refractivity contribution in [2.45, 2.75) is 13.3 Å². The third-order valence-electron chi connectivity index (χ3n) is 3.06. The van der Waals surface area contributed by atoms with E-state index >= 15 is 0 Å². The lowest BCUT2D eigenvalue weighted by molar-refractivity contribution is 0.315. The second kappa shape index (κ2) is 4.77. The lowest BCUT2D eigenvalue weighted by atomic mass is 9.83. The van der Waals surface area contributed by atoms with E-state index in [-0.39, 0.29) is 0 Å². The fraction of sp³-hybridized carbons (Fsp3) is 0.538. The van der Waals surface area contributed by atoms with E-state index in [1.807, 2.05) is 0 Å². The van der Waals surface area contributed by atoms with Crippen LogP contribution in [0.2, 0.25) is 0 Å². The molecule has 2 nitrogen and oxygen atoms in total. The molecule has 1 aliphatic heterocycles. The number of nitrogens with one attached hydrogen (secondary N) is 2. The summed E-state index contributed by atoms with van der Waals surface area (Å²) in [6, 6.07) is 10.8. The first kappa shape index (κ1) is 10.7. The van der Waals surface area contributed by atoms with Gasteiger partial charge in [-0.15, -0.1) is 0 Å². The standard InChI is InChI=1S/C13H20N2/c1-13(10-14-7-8-15-11-13)9-12-5-3-2-4-6-12/h2-6,14-15H,7-11H2,1H3. The zero-order valence-electron chi connectivity index (χ0n) is 9.42. The van der Waals surface area contributed by atoms with Gasteiger partial charge in [-0.2, -0.15) is 0 Å². The summed E-state index contributed by atoms with van der Waals surface area (Å²) in [5, 5.41) is 6.99. The van der Waals surface area contributed by atoms with Crippen molar-refractivity contribution >= 4 is 0 Å². The smallest absolute Gasteiger partial charge is 0.00769 e. The van der Waals surface area contributed by atoms with Gasteiger partial charge in [0, 0.05) is 26.2 Å². The molecule has 1 heterocycles. The first-order valence-electron chi connectivity index (χ1n) is 5.74. The second-order valence-electron chi connectivity index (χ2n) is 4.83. The highest BCUT2D eigenvalue weighted by atomic mass is 15.0. The highest BCUT2D eigenvalue weighted by molar-refractivity contribution is 5.16. The maximum absolute atomic E-state index is 3.50. The first-order valence-corrected chi connectivity index (χ1v) is 5.74. The van der Waals surface area contributed by atoms with Crippen molar-refractivity contribution in [2.24, 2.45) is 5.41 Å². The number of hydrogen-bond donors (Lipinski definition) is 2. The molecule has 2 rings (SSSR count). The van der Waals surface area contributed by atoms with Gasteiger partial charge in [0.1, 0.15) is 0 Å². The SMILES string of the molecule is CC1(Cc2ccccc2)CNCCNC1. The van der Waals surface area contributed by atoms with E-state index in [4.69, 9.17) is 0 Å². The van der Waals surface area contributed by atoms with Gasteiger partial charge in [0.25, 0.3) is 0 Å². The van der Waals surface area contributed by atoms with Crippen molar-refractivity contribution in [3.8, 4) is 0 Å². The summed E-state index contributed by atoms with van der Waals surface area (Å²) in [4.78, 5) is 0. The molecule has 0 aromatic heterocycles. The minimum absolute atomic E-state index is 0.345. The molecule has 0 unspecified atom stereocenters. The summed E-state index contributed by atoms with van der Waals surface area (Å²) < 4.78 is 0. The van der Waals surface area contributed by atoms with E-state index in [9.17, 15) is 0 Å². The third-order valence-corrected chi connectivity index (χ3v) is 3.06. The van der Waals surface area contributed by atoms with Crippen LogP contribution in [-0.4, -0.2) is 26.2 Å². The molecule has 0 amide bonds. The van der Waals surface area contributed by atoms with Crippen LogP contribution in [0.4, 0.5) is 0 Å². The molecule has 2 N–H and O–H groups in total. The molecule has 0 radical (unpaired) electrons. The molecule has 2 heteroatoms. The summed E-state index contributed by atoms with van der Waals surface area (Å²) in [5.74, 6) is 0. The molecule has 0 saturated carbocycles. The van der Waals surface area contributed by atoms with Crippen LogP contribution < -0.4 is 10.6 Å². The van der Waals surface area contributed by atoms with Gasteiger partial charge in [0.2, 0.25) is 0 Å². The van der Waals surface area contributed by atoms with Gasteiger partial charge in [-0.25, -0.2) is 0 Å². The predicted molar refractivity (Wildman–Crippen MR) is 64.0 cm³/mol. The Morgan fingerprint density at radius 3 is 2.27 bits per heavy atom. The second-order valence-corrected chi connectivity index (χ2v) is 4.83. The Morgan fingerprint density at radius 1 is 1.07 bits per heavy atom. The Balaban J connectivity index is 2.02. The Bertz CT molecular complexity index is 287. The van der Waals surface area contributed by atoms with Crippen LogP contribution in [0.15, 0.2) is 30.3 Å². The molecule has 0 spiro atoms. The summed E-state index contributed by atoms with van der Waals surface area (Å²) in [6.07, 6.45) is 1.15. The van der Waals surface area contributed by atoms with Gasteiger partial charge in [0.05, 0.1) is 0 Å². The van der Waals surface area contributed by atoms with E-state index in [1.54, 1.807) is 0 Å². The van der Waals surface area contributed by atoms with Crippen LogP contribution in [0.25, 0.3) is 0 Å². The fourth-order valence-corrected chi connectivity index (χ4v) is 2.23. The Labute approximate surface area is 92.1 Å². The van der Waals surface area contributed by atoms with E-state index in [0.717, 1.165) is 32.6 Å². The summed E-state index contributed by atoms with van der Waals surface area (Å²) in [6.45, 7) is 6.74. The molecule has 82 valence electrons. The lowest BCUT2D eigenvalue weighted by Crippen LogP contribution is -2.37. The fourth-order valence-electron chi connectivity index (χ4n) is 2.23. The molecular formula is C13H20N2. The Kier molecular flexibility index (Phi) is 3.39. The summed E-state index contributed by atoms with van der Waals surface area (Å²) in [7, 11) is 0. The van der Waals surface area contributed by atoms with Crippen LogP contribution in [0, 0.1) is 5.41 Å². The lowest BCUT2D eigenvalue weighted by Gasteiger charge is -2.28. The maximum Gasteiger partial charge on any atom is 0.00769 e. The first-order chi connectivity index (χ1) is 7.29. The van der Waals surface area contributed by atoms with Gasteiger partial charge in [-0.1, -0.05) is 37.3 Å². The Morgan fingerprint density at radius 2 is 1.67 bits per heavy atom. The van der Waals surface area contributed by atoms with Crippen molar-refractivity contribution in [1.29, 1.82) is 0 Å². The number of hydrogen-bond acceptors (Lipinski definition) is 2. The average Bonchev–Trinajstić information content (AvgIpc) is 2.45. The van der Waals surface area contributed by atoms with Crippen molar-refractivity contribution in [3.05, 3.63) is 35.9 Å². The van der Waals surface area contributed by atoms with Crippen LogP contribution in [0.3, 0.4) is 0 Å². The average molecular weight is 204 g/mol. The molecular weight excluding hydrogens is 184 g/mol. The van der Waals surface area contributed by atoms with Crippen LogP contribution in [0.5, 0.6) is 0 Å². The summed E-state index contributed by atoms with van der Waals surface area (Å²) in [5.41, 5.74) is 1.78. The van der Waals surface area contributed by atoms with Gasteiger partial charge >= 0.3 is 0 Å². The van der Waals surface area contributed by atoms with Crippen molar-refractivity contribution in [1.82, 2.24) is 10.6 Å². The van der Waals surface area contributed by atoms with Crippen LogP contribution >= 0.6 is 0 Å². The molecule has 1 aromatic carbocycles. The summed E-state index contributed by atoms with van der Waals surface area (Å²) >= 11 is 0. The monoisotopic (exact) mass is 204 g/mol. The molecule has 0 bridgehead atoms. The Hall–Kier alpha value is -0.860. The van der Waals surface area contributed by atoms with Gasteiger partial charge in [0.15, 0.2) is 0 Å². The van der Waals surface area contributed by atoms with Crippen LogP contribution in [0.1, 0.15) is 12.5 Å². The molecule has 0 atom stereocenters. The van der Waals surface area contributed by atoms with E-state index in [2.05, 4.69) is 47.9 Å². The highest BCUT2D eigenvalue weighted by Crippen LogP contribution is 2.21. The predicted octanol–water partition coefficient (Wildman–Crippen LogP) is 1.43. The molecule has 1 aromatic rings. The van der Waals surface area contributed by atoms with E-state index in [0.29, 0.717) is 5.41 Å². The molecule has 1 fully saturated rings. The van der Waals surface area contributed by atoms with Gasteiger partial charge in [-0.05, 0) is 17.4 Å². The quantitative estimate of drug-likeness (QED) is 0.761. The minimum Gasteiger partial charge on any atom is -0.315 e. The normalized spacial score (nSPS) is 20.9. The maximum atomic E-state index is 3.50. The topological polar surface area (TPSA) is 24.1 Å². The molecule has 0 aliphatic carbocycles. The minimum atomic E-state index is 0.345. The largest absolute Gasteiger partial charge is 0.315 e. The molecule has 1 saturated heterocycles. The molecule has 15 heavy (non-hydrogen) atoms.